The van der Waals surface area contributed by atoms with Gasteiger partial charge in [-0.25, -0.2) is 23.3 Å². The van der Waals surface area contributed by atoms with Crippen LogP contribution in [0.4, 0.5) is 0 Å². The van der Waals surface area contributed by atoms with Gasteiger partial charge in [-0.3, -0.25) is 4.98 Å². The summed E-state index contributed by atoms with van der Waals surface area (Å²) in [6.45, 7) is 1.51. The normalized spacial score (nSPS) is 22.3. The van der Waals surface area contributed by atoms with Crippen molar-refractivity contribution in [3.8, 4) is 0 Å². The maximum Gasteiger partial charge on any atom is 0.340 e. The molecule has 0 aliphatic carbocycles. The molecule has 2 N–H and O–H groups in total. The Hall–Kier alpha value is -1.94. The van der Waals surface area contributed by atoms with E-state index in [4.69, 9.17) is 0 Å². The molecule has 0 saturated carbocycles. The summed E-state index contributed by atoms with van der Waals surface area (Å²) in [7, 11) is -3.57. The van der Waals surface area contributed by atoms with Gasteiger partial charge >= 0.3 is 5.69 Å². The fraction of sp³-hybridized carbons (Fsp3) is 0.615. The average Bonchev–Trinajstić information content (AvgIpc) is 3.23. The van der Waals surface area contributed by atoms with Crippen LogP contribution in [-0.4, -0.2) is 50.5 Å². The zero-order valence-corrected chi connectivity index (χ0v) is 13.3. The van der Waals surface area contributed by atoms with Gasteiger partial charge in [-0.05, 0) is 19.3 Å². The minimum absolute atomic E-state index is 0.0987. The first-order valence-corrected chi connectivity index (χ1v) is 9.19. The van der Waals surface area contributed by atoms with Gasteiger partial charge in [0.1, 0.15) is 11.6 Å². The second kappa shape index (κ2) is 5.31. The Labute approximate surface area is 132 Å². The first-order valence-electron chi connectivity index (χ1n) is 7.75. The van der Waals surface area contributed by atoms with Gasteiger partial charge in [0.15, 0.2) is 5.03 Å². The molecule has 2 aliphatic rings. The second-order valence-electron chi connectivity index (χ2n) is 6.03. The van der Waals surface area contributed by atoms with Crippen molar-refractivity contribution in [2.45, 2.75) is 43.2 Å². The van der Waals surface area contributed by atoms with Gasteiger partial charge in [0.25, 0.3) is 10.0 Å². The van der Waals surface area contributed by atoms with Crippen LogP contribution in [0.15, 0.2) is 16.0 Å². The van der Waals surface area contributed by atoms with Crippen molar-refractivity contribution < 1.29 is 8.42 Å². The fourth-order valence-corrected chi connectivity index (χ4v) is 5.10. The van der Waals surface area contributed by atoms with Crippen molar-refractivity contribution in [1.29, 1.82) is 0 Å². The van der Waals surface area contributed by atoms with E-state index in [1.54, 1.807) is 4.57 Å². The third-order valence-electron chi connectivity index (χ3n) is 4.58. The Balaban J connectivity index is 1.62. The molecule has 1 fully saturated rings. The van der Waals surface area contributed by atoms with Crippen LogP contribution in [-0.2, 0) is 23.0 Å². The van der Waals surface area contributed by atoms with Crippen LogP contribution in [0.5, 0.6) is 0 Å². The standard InChI is InChI=1S/C13H18N6O3S/c20-13-15-12(16-17-13)9-3-1-5-18(8-9)23(21,22)11-7-14-10-4-2-6-19(10)11/h7,9H,1-6,8H2,(H2,15,16,17,20). The predicted molar refractivity (Wildman–Crippen MR) is 80.5 cm³/mol. The van der Waals surface area contributed by atoms with E-state index < -0.39 is 10.0 Å². The molecule has 0 amide bonds. The Bertz CT molecular complexity index is 880. The summed E-state index contributed by atoms with van der Waals surface area (Å²) in [5.74, 6) is 1.26. The van der Waals surface area contributed by atoms with Crippen molar-refractivity contribution in [1.82, 2.24) is 29.0 Å². The lowest BCUT2D eigenvalue weighted by Crippen LogP contribution is -2.40. The second-order valence-corrected chi connectivity index (χ2v) is 7.92. The highest BCUT2D eigenvalue weighted by molar-refractivity contribution is 7.89. The van der Waals surface area contributed by atoms with E-state index >= 15 is 0 Å². The maximum absolute atomic E-state index is 13.0. The van der Waals surface area contributed by atoms with E-state index in [2.05, 4.69) is 20.2 Å². The van der Waals surface area contributed by atoms with E-state index in [1.807, 2.05) is 0 Å². The lowest BCUT2D eigenvalue weighted by Gasteiger charge is -2.30. The zero-order chi connectivity index (χ0) is 16.0. The molecule has 1 atom stereocenters. The first kappa shape index (κ1) is 14.6. The number of hydrogen-bond donors (Lipinski definition) is 2. The number of aryl methyl sites for hydroxylation is 1. The zero-order valence-electron chi connectivity index (χ0n) is 12.5. The van der Waals surface area contributed by atoms with E-state index in [-0.39, 0.29) is 16.6 Å². The Morgan fingerprint density at radius 2 is 2.13 bits per heavy atom. The topological polar surface area (TPSA) is 117 Å². The number of fused-ring (bicyclic) bond motifs is 1. The van der Waals surface area contributed by atoms with Crippen molar-refractivity contribution in [2.75, 3.05) is 13.1 Å². The highest BCUT2D eigenvalue weighted by Gasteiger charge is 2.35. The fourth-order valence-electron chi connectivity index (χ4n) is 3.43. The van der Waals surface area contributed by atoms with E-state index in [9.17, 15) is 13.2 Å². The molecule has 23 heavy (non-hydrogen) atoms. The first-order chi connectivity index (χ1) is 11.1. The molecule has 124 valence electrons. The molecular formula is C13H18N6O3S. The minimum Gasteiger partial charge on any atom is -0.318 e. The summed E-state index contributed by atoms with van der Waals surface area (Å²) < 4.78 is 29.2. The Kier molecular flexibility index (Phi) is 3.38. The number of piperidine rings is 1. The summed E-state index contributed by atoms with van der Waals surface area (Å²) in [5, 5.41) is 6.56. The van der Waals surface area contributed by atoms with Crippen molar-refractivity contribution in [3.63, 3.8) is 0 Å². The minimum atomic E-state index is -3.57. The van der Waals surface area contributed by atoms with Gasteiger partial charge in [0.05, 0.1) is 6.20 Å². The average molecular weight is 338 g/mol. The highest BCUT2D eigenvalue weighted by atomic mass is 32.2. The van der Waals surface area contributed by atoms with Gasteiger partial charge in [-0.15, -0.1) is 0 Å². The number of imidazole rings is 1. The highest BCUT2D eigenvalue weighted by Crippen LogP contribution is 2.29. The molecule has 10 heteroatoms. The molecule has 0 radical (unpaired) electrons. The number of nitrogens with zero attached hydrogens (tertiary/aromatic N) is 4. The van der Waals surface area contributed by atoms with Crippen LogP contribution in [0.3, 0.4) is 0 Å². The summed E-state index contributed by atoms with van der Waals surface area (Å²) >= 11 is 0. The Morgan fingerprint density at radius 3 is 2.91 bits per heavy atom. The molecule has 2 aromatic heterocycles. The van der Waals surface area contributed by atoms with Crippen LogP contribution in [0.25, 0.3) is 0 Å². The SMILES string of the molecule is O=c1[nH]nc(C2CCCN(S(=O)(=O)c3cnc4n3CCC4)C2)[nH]1. The summed E-state index contributed by atoms with van der Waals surface area (Å²) in [4.78, 5) is 18.1. The van der Waals surface area contributed by atoms with Gasteiger partial charge in [0.2, 0.25) is 0 Å². The summed E-state index contributed by atoms with van der Waals surface area (Å²) in [6.07, 6.45) is 4.76. The maximum atomic E-state index is 13.0. The van der Waals surface area contributed by atoms with Crippen molar-refractivity contribution in [2.24, 2.45) is 0 Å². The molecule has 0 aromatic carbocycles. The number of aromatic nitrogens is 5. The van der Waals surface area contributed by atoms with Crippen LogP contribution in [0.2, 0.25) is 0 Å². The van der Waals surface area contributed by atoms with Gasteiger partial charge in [-0.1, -0.05) is 0 Å². The number of hydrogen-bond acceptors (Lipinski definition) is 5. The number of H-pyrrole nitrogens is 2. The molecule has 9 nitrogen and oxygen atoms in total. The Morgan fingerprint density at radius 1 is 1.26 bits per heavy atom. The van der Waals surface area contributed by atoms with Crippen molar-refractivity contribution >= 4 is 10.0 Å². The number of sulfonamides is 1. The quantitative estimate of drug-likeness (QED) is 0.804. The van der Waals surface area contributed by atoms with Gasteiger partial charge in [-0.2, -0.15) is 9.40 Å². The molecule has 4 rings (SSSR count). The molecular weight excluding hydrogens is 320 g/mol. The van der Waals surface area contributed by atoms with Crippen LogP contribution >= 0.6 is 0 Å². The van der Waals surface area contributed by atoms with Crippen molar-refractivity contribution in [3.05, 3.63) is 28.3 Å². The van der Waals surface area contributed by atoms with E-state index in [0.717, 1.165) is 31.5 Å². The summed E-state index contributed by atoms with van der Waals surface area (Å²) in [5.41, 5.74) is -0.367. The number of rotatable bonds is 3. The number of nitrogens with one attached hydrogen (secondary N) is 2. The smallest absolute Gasteiger partial charge is 0.318 e. The molecule has 2 aliphatic heterocycles. The monoisotopic (exact) mass is 338 g/mol. The lowest BCUT2D eigenvalue weighted by atomic mass is 9.99. The lowest BCUT2D eigenvalue weighted by molar-refractivity contribution is 0.307. The summed E-state index contributed by atoms with van der Waals surface area (Å²) in [6, 6.07) is 0. The molecule has 1 saturated heterocycles. The van der Waals surface area contributed by atoms with E-state index in [0.29, 0.717) is 25.5 Å². The molecule has 0 spiro atoms. The van der Waals surface area contributed by atoms with Crippen LogP contribution < -0.4 is 5.69 Å². The van der Waals surface area contributed by atoms with Crippen LogP contribution in [0.1, 0.15) is 36.8 Å². The molecule has 2 aromatic rings. The molecule has 1 unspecified atom stereocenters. The predicted octanol–water partition coefficient (Wildman–Crippen LogP) is -0.191. The molecule has 4 heterocycles. The van der Waals surface area contributed by atoms with E-state index in [1.165, 1.54) is 10.5 Å². The third kappa shape index (κ3) is 2.41. The van der Waals surface area contributed by atoms with Crippen LogP contribution in [0, 0.1) is 0 Å². The molecule has 0 bridgehead atoms. The van der Waals surface area contributed by atoms with Gasteiger partial charge in [0, 0.05) is 32.0 Å². The third-order valence-corrected chi connectivity index (χ3v) is 6.44. The largest absolute Gasteiger partial charge is 0.340 e. The van der Waals surface area contributed by atoms with Gasteiger partial charge < -0.3 is 4.57 Å². The number of aromatic amines is 2.